The van der Waals surface area contributed by atoms with Gasteiger partial charge in [-0.25, -0.2) is 0 Å². The first-order valence-electron chi connectivity index (χ1n) is 5.25. The molecule has 6 heteroatoms. The summed E-state index contributed by atoms with van der Waals surface area (Å²) in [4.78, 5) is 4.32. The van der Waals surface area contributed by atoms with Crippen LogP contribution in [0.25, 0.3) is 0 Å². The number of rotatable bonds is 4. The Morgan fingerprint density at radius 1 is 1.47 bits per heavy atom. The van der Waals surface area contributed by atoms with E-state index < -0.39 is 0 Å². The molecule has 0 aromatic carbocycles. The molecule has 0 aliphatic carbocycles. The van der Waals surface area contributed by atoms with Crippen LogP contribution in [-0.4, -0.2) is 14.8 Å². The molecule has 2 aromatic rings. The van der Waals surface area contributed by atoms with Crippen LogP contribution in [0.15, 0.2) is 35.1 Å². The first-order valence-corrected chi connectivity index (χ1v) is 6.04. The maximum atomic E-state index is 5.56. The lowest BCUT2D eigenvalue weighted by atomic mass is 10.1. The molecule has 90 valence electrons. The largest absolute Gasteiger partial charge is 0.275 e. The maximum absolute atomic E-state index is 5.56. The topological polar surface area (TPSA) is 68.8 Å². The Morgan fingerprint density at radius 2 is 2.29 bits per heavy atom. The smallest absolute Gasteiger partial charge is 0.0811 e. The van der Waals surface area contributed by atoms with E-state index in [-0.39, 0.29) is 6.04 Å². The first kappa shape index (κ1) is 12.2. The van der Waals surface area contributed by atoms with Gasteiger partial charge in [-0.05, 0) is 34.1 Å². The van der Waals surface area contributed by atoms with E-state index in [0.29, 0.717) is 6.42 Å². The lowest BCUT2D eigenvalue weighted by Gasteiger charge is -2.12. The normalized spacial score (nSPS) is 12.6. The standard InChI is InChI=1S/C11H14BrN5/c1-17-5-4-10(16-17)11(15-13)6-9-3-2-8(12)7-14-9/h2-5,7,11,15H,6,13H2,1H3. The number of hydrazine groups is 1. The van der Waals surface area contributed by atoms with Crippen molar-refractivity contribution in [2.24, 2.45) is 12.9 Å². The van der Waals surface area contributed by atoms with Crippen LogP contribution in [0.2, 0.25) is 0 Å². The molecule has 0 saturated carbocycles. The summed E-state index contributed by atoms with van der Waals surface area (Å²) in [6, 6.07) is 5.86. The monoisotopic (exact) mass is 295 g/mol. The Hall–Kier alpha value is -1.24. The highest BCUT2D eigenvalue weighted by atomic mass is 79.9. The molecule has 3 N–H and O–H groups in total. The van der Waals surface area contributed by atoms with E-state index in [1.54, 1.807) is 10.9 Å². The van der Waals surface area contributed by atoms with Crippen molar-refractivity contribution in [3.8, 4) is 0 Å². The van der Waals surface area contributed by atoms with E-state index in [0.717, 1.165) is 15.9 Å². The van der Waals surface area contributed by atoms with Crippen LogP contribution in [0.4, 0.5) is 0 Å². The number of hydrogen-bond acceptors (Lipinski definition) is 4. The van der Waals surface area contributed by atoms with Gasteiger partial charge in [-0.15, -0.1) is 0 Å². The van der Waals surface area contributed by atoms with Crippen molar-refractivity contribution in [3.05, 3.63) is 46.5 Å². The van der Waals surface area contributed by atoms with Crippen LogP contribution in [0.5, 0.6) is 0 Å². The number of aryl methyl sites for hydroxylation is 1. The summed E-state index contributed by atoms with van der Waals surface area (Å²) >= 11 is 3.36. The molecule has 5 nitrogen and oxygen atoms in total. The van der Waals surface area contributed by atoms with Crippen LogP contribution in [-0.2, 0) is 13.5 Å². The third-order valence-electron chi connectivity index (χ3n) is 2.49. The highest BCUT2D eigenvalue weighted by Crippen LogP contribution is 2.16. The van der Waals surface area contributed by atoms with Gasteiger partial charge >= 0.3 is 0 Å². The molecule has 0 radical (unpaired) electrons. The Balaban J connectivity index is 2.12. The Morgan fingerprint density at radius 3 is 2.82 bits per heavy atom. The second kappa shape index (κ2) is 5.39. The summed E-state index contributed by atoms with van der Waals surface area (Å²) in [6.07, 6.45) is 4.39. The lowest BCUT2D eigenvalue weighted by molar-refractivity contribution is 0.524. The minimum atomic E-state index is -0.0233. The average molecular weight is 296 g/mol. The van der Waals surface area contributed by atoms with E-state index in [9.17, 15) is 0 Å². The van der Waals surface area contributed by atoms with Crippen molar-refractivity contribution in [1.82, 2.24) is 20.2 Å². The second-order valence-electron chi connectivity index (χ2n) is 3.81. The van der Waals surface area contributed by atoms with Crippen molar-refractivity contribution in [2.45, 2.75) is 12.5 Å². The van der Waals surface area contributed by atoms with Crippen LogP contribution >= 0.6 is 15.9 Å². The Labute approximate surface area is 108 Å². The van der Waals surface area contributed by atoms with Crippen molar-refractivity contribution < 1.29 is 0 Å². The number of nitrogens with two attached hydrogens (primary N) is 1. The predicted octanol–water partition coefficient (Wildman–Crippen LogP) is 1.32. The molecule has 0 spiro atoms. The van der Waals surface area contributed by atoms with Gasteiger partial charge in [-0.2, -0.15) is 5.10 Å². The van der Waals surface area contributed by atoms with E-state index in [1.165, 1.54) is 0 Å². The molecular weight excluding hydrogens is 282 g/mol. The fourth-order valence-corrected chi connectivity index (χ4v) is 1.84. The molecular formula is C11H14BrN5. The molecule has 0 saturated heterocycles. The van der Waals surface area contributed by atoms with Crippen molar-refractivity contribution in [1.29, 1.82) is 0 Å². The highest BCUT2D eigenvalue weighted by molar-refractivity contribution is 9.10. The summed E-state index contributed by atoms with van der Waals surface area (Å²) in [5.74, 6) is 5.56. The number of halogens is 1. The molecule has 2 heterocycles. The summed E-state index contributed by atoms with van der Waals surface area (Å²) in [5, 5.41) is 4.33. The molecule has 0 aliphatic heterocycles. The van der Waals surface area contributed by atoms with Gasteiger partial charge in [-0.1, -0.05) is 0 Å². The average Bonchev–Trinajstić information content (AvgIpc) is 2.75. The van der Waals surface area contributed by atoms with Crippen LogP contribution in [0, 0.1) is 0 Å². The number of pyridine rings is 1. The van der Waals surface area contributed by atoms with Crippen LogP contribution in [0.1, 0.15) is 17.4 Å². The molecule has 0 aliphatic rings. The van der Waals surface area contributed by atoms with Gasteiger partial charge in [-0.3, -0.25) is 20.9 Å². The molecule has 0 fully saturated rings. The first-order chi connectivity index (χ1) is 8.19. The highest BCUT2D eigenvalue weighted by Gasteiger charge is 2.13. The molecule has 0 bridgehead atoms. The third kappa shape index (κ3) is 3.12. The molecule has 17 heavy (non-hydrogen) atoms. The summed E-state index contributed by atoms with van der Waals surface area (Å²) < 4.78 is 2.73. The fourth-order valence-electron chi connectivity index (χ4n) is 1.60. The minimum Gasteiger partial charge on any atom is -0.275 e. The number of nitrogens with zero attached hydrogens (tertiary/aromatic N) is 3. The van der Waals surface area contributed by atoms with Gasteiger partial charge in [0.1, 0.15) is 0 Å². The van der Waals surface area contributed by atoms with E-state index >= 15 is 0 Å². The zero-order valence-corrected chi connectivity index (χ0v) is 11.1. The Bertz CT molecular complexity index is 479. The number of hydrogen-bond donors (Lipinski definition) is 2. The van der Waals surface area contributed by atoms with E-state index in [4.69, 9.17) is 5.84 Å². The third-order valence-corrected chi connectivity index (χ3v) is 2.96. The molecule has 2 rings (SSSR count). The van der Waals surface area contributed by atoms with E-state index in [1.807, 2.05) is 31.4 Å². The van der Waals surface area contributed by atoms with Crippen molar-refractivity contribution >= 4 is 15.9 Å². The predicted molar refractivity (Wildman–Crippen MR) is 68.9 cm³/mol. The maximum Gasteiger partial charge on any atom is 0.0811 e. The Kier molecular flexibility index (Phi) is 3.88. The summed E-state index contributed by atoms with van der Waals surface area (Å²) in [6.45, 7) is 0. The number of nitrogens with one attached hydrogen (secondary N) is 1. The lowest BCUT2D eigenvalue weighted by Crippen LogP contribution is -2.30. The zero-order valence-electron chi connectivity index (χ0n) is 9.47. The van der Waals surface area contributed by atoms with Gasteiger partial charge in [0, 0.05) is 36.0 Å². The molecule has 1 unspecified atom stereocenters. The number of aromatic nitrogens is 3. The van der Waals surface area contributed by atoms with Gasteiger partial charge < -0.3 is 0 Å². The summed E-state index contributed by atoms with van der Waals surface area (Å²) in [5.41, 5.74) is 4.66. The SMILES string of the molecule is Cn1ccc(C(Cc2ccc(Br)cn2)NN)n1. The van der Waals surface area contributed by atoms with Crippen molar-refractivity contribution in [3.63, 3.8) is 0 Å². The molecule has 2 aromatic heterocycles. The molecule has 1 atom stereocenters. The summed E-state index contributed by atoms with van der Waals surface area (Å²) in [7, 11) is 1.88. The van der Waals surface area contributed by atoms with Crippen LogP contribution < -0.4 is 11.3 Å². The fraction of sp³-hybridized carbons (Fsp3) is 0.273. The van der Waals surface area contributed by atoms with Gasteiger partial charge in [0.15, 0.2) is 0 Å². The van der Waals surface area contributed by atoms with Gasteiger partial charge in [0.25, 0.3) is 0 Å². The molecule has 0 amide bonds. The van der Waals surface area contributed by atoms with Gasteiger partial charge in [0.2, 0.25) is 0 Å². The van der Waals surface area contributed by atoms with Crippen LogP contribution in [0.3, 0.4) is 0 Å². The van der Waals surface area contributed by atoms with Crippen molar-refractivity contribution in [2.75, 3.05) is 0 Å². The van der Waals surface area contributed by atoms with E-state index in [2.05, 4.69) is 31.4 Å². The van der Waals surface area contributed by atoms with Gasteiger partial charge in [0.05, 0.1) is 11.7 Å². The quantitative estimate of drug-likeness (QED) is 0.659. The second-order valence-corrected chi connectivity index (χ2v) is 4.72. The minimum absolute atomic E-state index is 0.0233. The zero-order chi connectivity index (χ0) is 12.3.